The summed E-state index contributed by atoms with van der Waals surface area (Å²) in [5, 5.41) is 21.7. The monoisotopic (exact) mass is 317 g/mol. The molecule has 5 heteroatoms. The van der Waals surface area contributed by atoms with Gasteiger partial charge in [-0.05, 0) is 47.5 Å². The highest BCUT2D eigenvalue weighted by atomic mass is 79.9. The Morgan fingerprint density at radius 2 is 2.06 bits per heavy atom. The molecule has 0 aliphatic heterocycles. The zero-order chi connectivity index (χ0) is 13.5. The Hall–Kier alpha value is -0.620. The van der Waals surface area contributed by atoms with Crippen LogP contribution in [-0.2, 0) is 0 Å². The fraction of sp³-hybridized carbons (Fsp3) is 0.538. The van der Waals surface area contributed by atoms with Crippen LogP contribution in [0.1, 0.15) is 12.5 Å². The lowest BCUT2D eigenvalue weighted by molar-refractivity contribution is 0.101. The maximum atomic E-state index is 9.68. The minimum absolute atomic E-state index is 0.217. The second kappa shape index (κ2) is 7.74. The molecule has 0 saturated heterocycles. The van der Waals surface area contributed by atoms with E-state index in [2.05, 4.69) is 21.2 Å². The summed E-state index contributed by atoms with van der Waals surface area (Å²) in [6.45, 7) is 4.77. The van der Waals surface area contributed by atoms with Crippen molar-refractivity contribution >= 4 is 15.9 Å². The largest absolute Gasteiger partial charge is 0.490 e. The maximum Gasteiger partial charge on any atom is 0.133 e. The Morgan fingerprint density at radius 3 is 2.67 bits per heavy atom. The first-order chi connectivity index (χ1) is 8.49. The van der Waals surface area contributed by atoms with Gasteiger partial charge < -0.3 is 20.3 Å². The summed E-state index contributed by atoms with van der Waals surface area (Å²) in [5.41, 5.74) is 1.15. The van der Waals surface area contributed by atoms with Gasteiger partial charge in [-0.3, -0.25) is 0 Å². The quantitative estimate of drug-likeness (QED) is 0.712. The molecule has 0 bridgehead atoms. The van der Waals surface area contributed by atoms with Crippen molar-refractivity contribution in [3.63, 3.8) is 0 Å². The van der Waals surface area contributed by atoms with Gasteiger partial charge in [0.25, 0.3) is 0 Å². The smallest absolute Gasteiger partial charge is 0.133 e. The highest BCUT2D eigenvalue weighted by molar-refractivity contribution is 9.10. The van der Waals surface area contributed by atoms with E-state index in [4.69, 9.17) is 9.84 Å². The molecule has 1 aromatic rings. The molecule has 0 fully saturated rings. The predicted octanol–water partition coefficient (Wildman–Crippen LogP) is 1.47. The Bertz CT molecular complexity index is 371. The molecule has 0 radical (unpaired) electrons. The summed E-state index contributed by atoms with van der Waals surface area (Å²) < 4.78 is 6.39. The van der Waals surface area contributed by atoms with E-state index in [0.29, 0.717) is 13.1 Å². The van der Waals surface area contributed by atoms with E-state index in [0.717, 1.165) is 15.8 Å². The molecule has 0 spiro atoms. The van der Waals surface area contributed by atoms with Crippen molar-refractivity contribution in [1.82, 2.24) is 5.32 Å². The van der Waals surface area contributed by atoms with Crippen LogP contribution in [0.5, 0.6) is 5.75 Å². The average molecular weight is 318 g/mol. The van der Waals surface area contributed by atoms with Crippen molar-refractivity contribution in [2.45, 2.75) is 26.1 Å². The van der Waals surface area contributed by atoms with Gasteiger partial charge in [0.1, 0.15) is 18.5 Å². The van der Waals surface area contributed by atoms with Crippen molar-refractivity contribution in [2.75, 3.05) is 19.7 Å². The molecule has 0 aromatic heterocycles. The van der Waals surface area contributed by atoms with E-state index in [1.54, 1.807) is 6.92 Å². The first-order valence-electron chi connectivity index (χ1n) is 5.95. The number of benzene rings is 1. The van der Waals surface area contributed by atoms with Crippen molar-refractivity contribution < 1.29 is 14.9 Å². The molecule has 3 N–H and O–H groups in total. The molecule has 0 saturated carbocycles. The molecule has 0 heterocycles. The number of halogens is 1. The summed E-state index contributed by atoms with van der Waals surface area (Å²) in [5.74, 6) is 0.718. The molecular weight excluding hydrogens is 298 g/mol. The normalized spacial score (nSPS) is 14.3. The van der Waals surface area contributed by atoms with Crippen LogP contribution < -0.4 is 10.1 Å². The number of hydrogen-bond acceptors (Lipinski definition) is 4. The molecule has 18 heavy (non-hydrogen) atoms. The molecule has 0 aliphatic carbocycles. The number of nitrogens with one attached hydrogen (secondary N) is 1. The molecular formula is C13H20BrNO3. The lowest BCUT2D eigenvalue weighted by Gasteiger charge is -2.15. The molecule has 1 aromatic carbocycles. The SMILES string of the molecule is Cc1ccc(OCC(O)CNCC(C)O)c(Br)c1. The number of ether oxygens (including phenoxy) is 1. The van der Waals surface area contributed by atoms with E-state index in [1.807, 2.05) is 25.1 Å². The average Bonchev–Trinajstić information content (AvgIpc) is 2.27. The summed E-state index contributed by atoms with van der Waals surface area (Å²) in [6.07, 6.45) is -1.01. The lowest BCUT2D eigenvalue weighted by Crippen LogP contribution is -2.35. The Balaban J connectivity index is 2.31. The fourth-order valence-corrected chi connectivity index (χ4v) is 2.03. The number of aliphatic hydroxyl groups is 2. The highest BCUT2D eigenvalue weighted by Gasteiger charge is 2.07. The van der Waals surface area contributed by atoms with Crippen LogP contribution in [0.25, 0.3) is 0 Å². The van der Waals surface area contributed by atoms with Crippen LogP contribution in [0.3, 0.4) is 0 Å². The highest BCUT2D eigenvalue weighted by Crippen LogP contribution is 2.25. The second-order valence-corrected chi connectivity index (χ2v) is 5.26. The van der Waals surface area contributed by atoms with Gasteiger partial charge >= 0.3 is 0 Å². The molecule has 1 rings (SSSR count). The minimum atomic E-state index is -0.600. The topological polar surface area (TPSA) is 61.7 Å². The third kappa shape index (κ3) is 5.82. The molecule has 4 nitrogen and oxygen atoms in total. The van der Waals surface area contributed by atoms with Crippen molar-refractivity contribution in [1.29, 1.82) is 0 Å². The summed E-state index contributed by atoms with van der Waals surface area (Å²) in [6, 6.07) is 5.79. The van der Waals surface area contributed by atoms with Crippen LogP contribution in [0, 0.1) is 6.92 Å². The zero-order valence-electron chi connectivity index (χ0n) is 10.7. The van der Waals surface area contributed by atoms with Crippen LogP contribution >= 0.6 is 15.9 Å². The van der Waals surface area contributed by atoms with Crippen LogP contribution in [0.4, 0.5) is 0 Å². The first kappa shape index (κ1) is 15.4. The van der Waals surface area contributed by atoms with E-state index < -0.39 is 12.2 Å². The van der Waals surface area contributed by atoms with Gasteiger partial charge in [-0.2, -0.15) is 0 Å². The molecule has 0 amide bonds. The van der Waals surface area contributed by atoms with Crippen LogP contribution in [0.15, 0.2) is 22.7 Å². The Morgan fingerprint density at radius 1 is 1.33 bits per heavy atom. The fourth-order valence-electron chi connectivity index (χ4n) is 1.43. The standard InChI is InChI=1S/C13H20BrNO3/c1-9-3-4-13(12(14)5-9)18-8-11(17)7-15-6-10(2)16/h3-5,10-11,15-17H,6-8H2,1-2H3. The van der Waals surface area contributed by atoms with Gasteiger partial charge in [-0.25, -0.2) is 0 Å². The molecule has 102 valence electrons. The zero-order valence-corrected chi connectivity index (χ0v) is 12.3. The van der Waals surface area contributed by atoms with Gasteiger partial charge in [-0.1, -0.05) is 6.07 Å². The third-order valence-electron chi connectivity index (χ3n) is 2.34. The first-order valence-corrected chi connectivity index (χ1v) is 6.74. The van der Waals surface area contributed by atoms with Crippen molar-refractivity contribution in [3.8, 4) is 5.75 Å². The number of rotatable bonds is 7. The summed E-state index contributed by atoms with van der Waals surface area (Å²) >= 11 is 3.41. The van der Waals surface area contributed by atoms with E-state index in [1.165, 1.54) is 0 Å². The number of aryl methyl sites for hydroxylation is 1. The maximum absolute atomic E-state index is 9.68. The van der Waals surface area contributed by atoms with Gasteiger partial charge in [0.05, 0.1) is 10.6 Å². The van der Waals surface area contributed by atoms with Crippen LogP contribution in [0.2, 0.25) is 0 Å². The molecule has 0 aliphatic rings. The van der Waals surface area contributed by atoms with Gasteiger partial charge in [-0.15, -0.1) is 0 Å². The minimum Gasteiger partial charge on any atom is -0.490 e. The van der Waals surface area contributed by atoms with Gasteiger partial charge in [0.15, 0.2) is 0 Å². The number of aliphatic hydroxyl groups excluding tert-OH is 2. The summed E-state index contributed by atoms with van der Waals surface area (Å²) in [4.78, 5) is 0. The Kier molecular flexibility index (Phi) is 6.63. The summed E-state index contributed by atoms with van der Waals surface area (Å²) in [7, 11) is 0. The second-order valence-electron chi connectivity index (χ2n) is 4.41. The van der Waals surface area contributed by atoms with Gasteiger partial charge in [0, 0.05) is 13.1 Å². The number of hydrogen-bond donors (Lipinski definition) is 3. The van der Waals surface area contributed by atoms with Gasteiger partial charge in [0.2, 0.25) is 0 Å². The van der Waals surface area contributed by atoms with E-state index in [9.17, 15) is 5.11 Å². The van der Waals surface area contributed by atoms with E-state index >= 15 is 0 Å². The van der Waals surface area contributed by atoms with E-state index in [-0.39, 0.29) is 6.61 Å². The van der Waals surface area contributed by atoms with Crippen LogP contribution in [-0.4, -0.2) is 42.1 Å². The lowest BCUT2D eigenvalue weighted by atomic mass is 10.2. The Labute approximate surface area is 116 Å². The molecule has 2 unspecified atom stereocenters. The van der Waals surface area contributed by atoms with Crippen molar-refractivity contribution in [3.05, 3.63) is 28.2 Å². The van der Waals surface area contributed by atoms with Crippen molar-refractivity contribution in [2.24, 2.45) is 0 Å². The third-order valence-corrected chi connectivity index (χ3v) is 2.96. The molecule has 2 atom stereocenters. The predicted molar refractivity (Wildman–Crippen MR) is 74.9 cm³/mol.